The summed E-state index contributed by atoms with van der Waals surface area (Å²) in [6.07, 6.45) is 0.586. The van der Waals surface area contributed by atoms with E-state index >= 15 is 0 Å². The molecule has 1 aliphatic rings. The highest BCUT2D eigenvalue weighted by molar-refractivity contribution is 6.09. The van der Waals surface area contributed by atoms with Crippen molar-refractivity contribution in [3.05, 3.63) is 60.2 Å². The average molecular weight is 349 g/mol. The van der Waals surface area contributed by atoms with Gasteiger partial charge in [-0.15, -0.1) is 0 Å². The molecule has 1 N–H and O–H groups in total. The molecule has 4 nitrogen and oxygen atoms in total. The first-order valence-electron chi connectivity index (χ1n) is 9.22. The number of aliphatic hydroxyl groups is 1. The predicted molar refractivity (Wildman–Crippen MR) is 103 cm³/mol. The van der Waals surface area contributed by atoms with E-state index < -0.39 is 6.10 Å². The zero-order valence-corrected chi connectivity index (χ0v) is 14.9. The molecule has 0 bridgehead atoms. The molecule has 3 aromatic rings. The van der Waals surface area contributed by atoms with Gasteiger partial charge in [-0.05, 0) is 52.9 Å². The monoisotopic (exact) mass is 349 g/mol. The van der Waals surface area contributed by atoms with Gasteiger partial charge in [0.1, 0.15) is 6.10 Å². The highest BCUT2D eigenvalue weighted by atomic mass is 16.6. The van der Waals surface area contributed by atoms with Gasteiger partial charge in [-0.2, -0.15) is 0 Å². The number of ether oxygens (including phenoxy) is 1. The van der Waals surface area contributed by atoms with Gasteiger partial charge in [0.05, 0.1) is 12.6 Å². The van der Waals surface area contributed by atoms with E-state index in [4.69, 9.17) is 4.74 Å². The summed E-state index contributed by atoms with van der Waals surface area (Å²) in [6.45, 7) is 2.78. The molecule has 0 aromatic heterocycles. The summed E-state index contributed by atoms with van der Waals surface area (Å²) in [6, 6.07) is 18.2. The van der Waals surface area contributed by atoms with Crippen molar-refractivity contribution in [3.8, 4) is 0 Å². The Balaban J connectivity index is 1.81. The third-order valence-electron chi connectivity index (χ3n) is 5.28. The maximum Gasteiger partial charge on any atom is 0.410 e. The standard InChI is InChI=1S/C22H23NO3/c1-2-26-22(25)23-13-7-12-20(23)21(24)19-14-15-8-3-4-9-16(15)17-10-5-6-11-18(17)19/h3-6,8-11,14,20-21,24H,2,7,12-13H2,1H3/t20-,21+/m0/s1. The minimum Gasteiger partial charge on any atom is -0.450 e. The van der Waals surface area contributed by atoms with Crippen LogP contribution in [0.25, 0.3) is 21.5 Å². The number of nitrogens with zero attached hydrogens (tertiary/aromatic N) is 1. The molecule has 1 aliphatic heterocycles. The summed E-state index contributed by atoms with van der Waals surface area (Å²) >= 11 is 0. The highest BCUT2D eigenvalue weighted by Crippen LogP contribution is 2.37. The minimum absolute atomic E-state index is 0.251. The Morgan fingerprint density at radius 3 is 2.62 bits per heavy atom. The van der Waals surface area contributed by atoms with Gasteiger partial charge in [0.25, 0.3) is 0 Å². The third kappa shape index (κ3) is 2.80. The first kappa shape index (κ1) is 16.9. The summed E-state index contributed by atoms with van der Waals surface area (Å²) in [5, 5.41) is 15.6. The Kier molecular flexibility index (Phi) is 4.51. The van der Waals surface area contributed by atoms with Gasteiger partial charge in [0.2, 0.25) is 0 Å². The van der Waals surface area contributed by atoms with Crippen LogP contribution in [0.5, 0.6) is 0 Å². The molecule has 1 saturated heterocycles. The van der Waals surface area contributed by atoms with Crippen LogP contribution in [0.2, 0.25) is 0 Å². The molecular formula is C22H23NO3. The van der Waals surface area contributed by atoms with E-state index in [0.717, 1.165) is 34.6 Å². The minimum atomic E-state index is -0.739. The third-order valence-corrected chi connectivity index (χ3v) is 5.28. The smallest absolute Gasteiger partial charge is 0.410 e. The lowest BCUT2D eigenvalue weighted by molar-refractivity contribution is 0.0535. The number of hydrogen-bond donors (Lipinski definition) is 1. The topological polar surface area (TPSA) is 49.8 Å². The fourth-order valence-electron chi connectivity index (χ4n) is 4.09. The number of aliphatic hydroxyl groups excluding tert-OH is 1. The number of fused-ring (bicyclic) bond motifs is 3. The van der Waals surface area contributed by atoms with Crippen molar-refractivity contribution in [2.45, 2.75) is 31.9 Å². The Bertz CT molecular complexity index is 952. The molecular weight excluding hydrogens is 326 g/mol. The largest absolute Gasteiger partial charge is 0.450 e. The van der Waals surface area contributed by atoms with Crippen molar-refractivity contribution < 1.29 is 14.6 Å². The molecule has 0 saturated carbocycles. The van der Waals surface area contributed by atoms with Crippen molar-refractivity contribution >= 4 is 27.6 Å². The molecule has 0 unspecified atom stereocenters. The zero-order chi connectivity index (χ0) is 18.1. The van der Waals surface area contributed by atoms with Crippen LogP contribution in [-0.2, 0) is 4.74 Å². The van der Waals surface area contributed by atoms with E-state index in [9.17, 15) is 9.90 Å². The highest BCUT2D eigenvalue weighted by Gasteiger charge is 2.36. The summed E-state index contributed by atoms with van der Waals surface area (Å²) in [5.74, 6) is 0. The van der Waals surface area contributed by atoms with E-state index in [0.29, 0.717) is 13.2 Å². The molecule has 4 rings (SSSR count). The lowest BCUT2D eigenvalue weighted by atomic mass is 9.91. The Labute approximate surface area is 153 Å². The van der Waals surface area contributed by atoms with Crippen molar-refractivity contribution in [2.75, 3.05) is 13.2 Å². The number of likely N-dealkylation sites (tertiary alicyclic amines) is 1. The molecule has 0 radical (unpaired) electrons. The molecule has 2 atom stereocenters. The van der Waals surface area contributed by atoms with Crippen LogP contribution in [0, 0.1) is 0 Å². The Hall–Kier alpha value is -2.59. The summed E-state index contributed by atoms with van der Waals surface area (Å²) < 4.78 is 5.18. The number of hydrogen-bond acceptors (Lipinski definition) is 3. The lowest BCUT2D eigenvalue weighted by Gasteiger charge is -2.29. The second-order valence-electron chi connectivity index (χ2n) is 6.78. The van der Waals surface area contributed by atoms with Crippen LogP contribution in [0.1, 0.15) is 31.4 Å². The molecule has 26 heavy (non-hydrogen) atoms. The van der Waals surface area contributed by atoms with Crippen molar-refractivity contribution in [3.63, 3.8) is 0 Å². The molecule has 4 heteroatoms. The van der Waals surface area contributed by atoms with Crippen LogP contribution in [0.3, 0.4) is 0 Å². The molecule has 0 spiro atoms. The Morgan fingerprint density at radius 1 is 1.15 bits per heavy atom. The normalized spacial score (nSPS) is 18.4. The number of rotatable bonds is 3. The van der Waals surface area contributed by atoms with Crippen molar-refractivity contribution in [1.29, 1.82) is 0 Å². The fourth-order valence-corrected chi connectivity index (χ4v) is 4.09. The molecule has 1 heterocycles. The second kappa shape index (κ2) is 6.96. The number of carbonyl (C=O) groups is 1. The van der Waals surface area contributed by atoms with Crippen LogP contribution < -0.4 is 0 Å². The van der Waals surface area contributed by atoms with E-state index in [1.165, 1.54) is 5.39 Å². The maximum atomic E-state index is 12.3. The van der Waals surface area contributed by atoms with Gasteiger partial charge in [-0.3, -0.25) is 0 Å². The first-order chi connectivity index (χ1) is 12.7. The van der Waals surface area contributed by atoms with Gasteiger partial charge in [0.15, 0.2) is 0 Å². The van der Waals surface area contributed by atoms with E-state index in [1.807, 2.05) is 30.3 Å². The van der Waals surface area contributed by atoms with Gasteiger partial charge in [-0.25, -0.2) is 4.79 Å². The quantitative estimate of drug-likeness (QED) is 0.700. The van der Waals surface area contributed by atoms with E-state index in [1.54, 1.807) is 11.8 Å². The van der Waals surface area contributed by atoms with Crippen LogP contribution >= 0.6 is 0 Å². The lowest BCUT2D eigenvalue weighted by Crippen LogP contribution is -2.39. The zero-order valence-electron chi connectivity index (χ0n) is 14.9. The van der Waals surface area contributed by atoms with E-state index in [-0.39, 0.29) is 12.1 Å². The Morgan fingerprint density at radius 2 is 1.85 bits per heavy atom. The van der Waals surface area contributed by atoms with Gasteiger partial charge in [0, 0.05) is 6.54 Å². The average Bonchev–Trinajstić information content (AvgIpc) is 3.17. The molecule has 134 valence electrons. The maximum absolute atomic E-state index is 12.3. The molecule has 1 fully saturated rings. The fraction of sp³-hybridized carbons (Fsp3) is 0.318. The van der Waals surface area contributed by atoms with Crippen LogP contribution in [0.4, 0.5) is 4.79 Å². The van der Waals surface area contributed by atoms with Gasteiger partial charge in [-0.1, -0.05) is 48.5 Å². The predicted octanol–water partition coefficient (Wildman–Crippen LogP) is 4.65. The second-order valence-corrected chi connectivity index (χ2v) is 6.78. The van der Waals surface area contributed by atoms with Crippen molar-refractivity contribution in [1.82, 2.24) is 4.90 Å². The molecule has 1 amide bonds. The summed E-state index contributed by atoms with van der Waals surface area (Å²) in [5.41, 5.74) is 0.875. The van der Waals surface area contributed by atoms with Gasteiger partial charge < -0.3 is 14.7 Å². The van der Waals surface area contributed by atoms with E-state index in [2.05, 4.69) is 24.3 Å². The first-order valence-corrected chi connectivity index (χ1v) is 9.22. The summed E-state index contributed by atoms with van der Waals surface area (Å²) in [4.78, 5) is 13.9. The SMILES string of the molecule is CCOC(=O)N1CCC[C@H]1[C@H](O)c1cc2ccccc2c2ccccc12. The number of amides is 1. The molecule has 0 aliphatic carbocycles. The van der Waals surface area contributed by atoms with Crippen molar-refractivity contribution in [2.24, 2.45) is 0 Å². The number of carbonyl (C=O) groups excluding carboxylic acids is 1. The summed E-state index contributed by atoms with van der Waals surface area (Å²) in [7, 11) is 0. The number of benzene rings is 3. The van der Waals surface area contributed by atoms with Gasteiger partial charge >= 0.3 is 6.09 Å². The molecule has 3 aromatic carbocycles. The van der Waals surface area contributed by atoms with Crippen LogP contribution in [0.15, 0.2) is 54.6 Å². The van der Waals surface area contributed by atoms with Crippen LogP contribution in [-0.4, -0.2) is 35.3 Å².